The lowest BCUT2D eigenvalue weighted by molar-refractivity contribution is 0.864. The second-order valence-corrected chi connectivity index (χ2v) is 5.76. The van der Waals surface area contributed by atoms with Gasteiger partial charge in [0.25, 0.3) is 0 Å². The molecule has 0 saturated heterocycles. The molecular formula is C20H19N. The van der Waals surface area contributed by atoms with Gasteiger partial charge in [-0.25, -0.2) is 4.85 Å². The molecule has 0 unspecified atom stereocenters. The van der Waals surface area contributed by atoms with Gasteiger partial charge in [0.15, 0.2) is 0 Å². The second-order valence-electron chi connectivity index (χ2n) is 5.76. The van der Waals surface area contributed by atoms with Gasteiger partial charge < -0.3 is 0 Å². The van der Waals surface area contributed by atoms with Crippen molar-refractivity contribution in [3.8, 4) is 0 Å². The highest BCUT2D eigenvalue weighted by Gasteiger charge is 2.17. The molecule has 0 saturated carbocycles. The Morgan fingerprint density at radius 3 is 1.86 bits per heavy atom. The molecule has 1 aromatic carbocycles. The summed E-state index contributed by atoms with van der Waals surface area (Å²) < 4.78 is 0. The standard InChI is InChI=1S/C20H19N/c1-15-13-18(16-9-5-3-6-10-16)20(21-2)19(14-15)17-11-7-4-8-12-17/h5,7,13-14H,3-4,6,8,10,12H2,1H3. The normalized spacial score (nSPS) is 17.1. The molecule has 0 radical (unpaired) electrons. The van der Waals surface area contributed by atoms with Crippen LogP contribution in [0.1, 0.15) is 55.2 Å². The molecule has 1 heteroatoms. The Balaban J connectivity index is 2.22. The fourth-order valence-electron chi connectivity index (χ4n) is 3.08. The van der Waals surface area contributed by atoms with Gasteiger partial charge in [-0.1, -0.05) is 17.7 Å². The highest BCUT2D eigenvalue weighted by Crippen LogP contribution is 2.39. The smallest absolute Gasteiger partial charge is 0.203 e. The molecule has 104 valence electrons. The zero-order chi connectivity index (χ0) is 14.7. The van der Waals surface area contributed by atoms with Crippen molar-refractivity contribution in [2.45, 2.75) is 45.4 Å². The van der Waals surface area contributed by atoms with Crippen molar-refractivity contribution in [2.24, 2.45) is 0 Å². The zero-order valence-electron chi connectivity index (χ0n) is 12.5. The van der Waals surface area contributed by atoms with Gasteiger partial charge in [0.2, 0.25) is 5.69 Å². The summed E-state index contributed by atoms with van der Waals surface area (Å²) in [6.07, 6.45) is 10.8. The Morgan fingerprint density at radius 1 is 0.952 bits per heavy atom. The summed E-state index contributed by atoms with van der Waals surface area (Å²) in [5, 5.41) is 0. The van der Waals surface area contributed by atoms with Gasteiger partial charge in [0, 0.05) is 0 Å². The fourth-order valence-corrected chi connectivity index (χ4v) is 3.08. The van der Waals surface area contributed by atoms with E-state index in [4.69, 9.17) is 6.57 Å². The van der Waals surface area contributed by atoms with Crippen molar-refractivity contribution < 1.29 is 0 Å². The van der Waals surface area contributed by atoms with Crippen LogP contribution in [0, 0.1) is 13.5 Å². The Bertz CT molecular complexity index is 688. The minimum absolute atomic E-state index is 0.788. The van der Waals surface area contributed by atoms with Crippen LogP contribution < -0.4 is 0 Å². The molecule has 0 N–H and O–H groups in total. The molecule has 0 spiro atoms. The third kappa shape index (κ3) is 2.79. The molecule has 21 heavy (non-hydrogen) atoms. The maximum atomic E-state index is 7.66. The number of benzene rings is 1. The van der Waals surface area contributed by atoms with Crippen LogP contribution in [0.25, 0.3) is 16.0 Å². The third-order valence-corrected chi connectivity index (χ3v) is 4.12. The van der Waals surface area contributed by atoms with E-state index in [9.17, 15) is 0 Å². The van der Waals surface area contributed by atoms with Crippen LogP contribution in [0.5, 0.6) is 0 Å². The van der Waals surface area contributed by atoms with E-state index in [1.165, 1.54) is 16.7 Å². The van der Waals surface area contributed by atoms with E-state index in [0.29, 0.717) is 0 Å². The number of nitrogens with zero attached hydrogens (tertiary/aromatic N) is 1. The van der Waals surface area contributed by atoms with Gasteiger partial charge in [0.1, 0.15) is 0 Å². The lowest BCUT2D eigenvalue weighted by Gasteiger charge is -2.16. The lowest BCUT2D eigenvalue weighted by Crippen LogP contribution is -1.95. The molecule has 0 atom stereocenters. The monoisotopic (exact) mass is 273 g/mol. The first kappa shape index (κ1) is 13.7. The molecule has 0 aromatic heterocycles. The first-order chi connectivity index (χ1) is 10.3. The minimum atomic E-state index is 0.788. The van der Waals surface area contributed by atoms with Gasteiger partial charge in [-0.15, -0.1) is 11.5 Å². The molecule has 3 rings (SSSR count). The summed E-state index contributed by atoms with van der Waals surface area (Å²) in [5.41, 5.74) is 13.3. The predicted octanol–water partition coefficient (Wildman–Crippen LogP) is 5.99. The van der Waals surface area contributed by atoms with Crippen LogP contribution in [0.3, 0.4) is 0 Å². The zero-order valence-corrected chi connectivity index (χ0v) is 12.5. The number of hydrogen-bond acceptors (Lipinski definition) is 0. The maximum Gasteiger partial charge on any atom is 0.203 e. The Hall–Kier alpha value is -2.25. The van der Waals surface area contributed by atoms with Gasteiger partial charge in [0.05, 0.1) is 6.57 Å². The summed E-state index contributed by atoms with van der Waals surface area (Å²) in [6.45, 7) is 9.77. The van der Waals surface area contributed by atoms with Crippen LogP contribution in [-0.4, -0.2) is 0 Å². The average molecular weight is 273 g/mol. The number of allylic oxidation sites excluding steroid dienone is 2. The summed E-state index contributed by atoms with van der Waals surface area (Å²) in [7, 11) is 0. The van der Waals surface area contributed by atoms with E-state index < -0.39 is 0 Å². The van der Waals surface area contributed by atoms with Crippen LogP contribution in [0.2, 0.25) is 0 Å². The number of rotatable bonds is 2. The van der Waals surface area contributed by atoms with E-state index in [1.54, 1.807) is 0 Å². The molecule has 2 aliphatic carbocycles. The molecule has 0 aliphatic heterocycles. The lowest BCUT2D eigenvalue weighted by atomic mass is 9.88. The maximum absolute atomic E-state index is 7.66. The SMILES string of the molecule is [C-]#[N+]c1c(C2=C=CCCC2)cc(C)cc1C1=C=CCCC1. The summed E-state index contributed by atoms with van der Waals surface area (Å²) in [6, 6.07) is 4.29. The highest BCUT2D eigenvalue weighted by atomic mass is 14.7. The number of hydrogen-bond donors (Lipinski definition) is 0. The second kappa shape index (κ2) is 6.02. The van der Waals surface area contributed by atoms with Crippen molar-refractivity contribution >= 4 is 16.8 Å². The van der Waals surface area contributed by atoms with Gasteiger partial charge in [-0.3, -0.25) is 0 Å². The molecule has 0 bridgehead atoms. The molecule has 0 fully saturated rings. The molecule has 0 amide bonds. The minimum Gasteiger partial charge on any atom is -0.237 e. The number of aryl methyl sites for hydroxylation is 1. The van der Waals surface area contributed by atoms with Crippen molar-refractivity contribution in [1.82, 2.24) is 0 Å². The highest BCUT2D eigenvalue weighted by molar-refractivity contribution is 5.87. The Morgan fingerprint density at radius 2 is 1.48 bits per heavy atom. The summed E-state index contributed by atoms with van der Waals surface area (Å²) in [5.74, 6) is 0. The average Bonchev–Trinajstić information content (AvgIpc) is 2.55. The Kier molecular flexibility index (Phi) is 3.94. The summed E-state index contributed by atoms with van der Waals surface area (Å²) >= 11 is 0. The molecule has 0 heterocycles. The van der Waals surface area contributed by atoms with E-state index in [2.05, 4.69) is 47.5 Å². The quantitative estimate of drug-likeness (QED) is 0.460. The molecule has 1 aromatic rings. The van der Waals surface area contributed by atoms with Crippen LogP contribution in [0.4, 0.5) is 5.69 Å². The van der Waals surface area contributed by atoms with Crippen LogP contribution in [-0.2, 0) is 0 Å². The first-order valence-corrected chi connectivity index (χ1v) is 7.70. The largest absolute Gasteiger partial charge is 0.237 e. The van der Waals surface area contributed by atoms with E-state index >= 15 is 0 Å². The van der Waals surface area contributed by atoms with Crippen LogP contribution >= 0.6 is 0 Å². The van der Waals surface area contributed by atoms with Crippen molar-refractivity contribution in [3.05, 3.63) is 63.9 Å². The van der Waals surface area contributed by atoms with E-state index in [-0.39, 0.29) is 0 Å². The van der Waals surface area contributed by atoms with Crippen molar-refractivity contribution in [1.29, 1.82) is 0 Å². The predicted molar refractivity (Wildman–Crippen MR) is 88.1 cm³/mol. The summed E-state index contributed by atoms with van der Waals surface area (Å²) in [4.78, 5) is 3.86. The van der Waals surface area contributed by atoms with Crippen molar-refractivity contribution in [2.75, 3.05) is 0 Å². The van der Waals surface area contributed by atoms with Gasteiger partial charge in [-0.05, 0) is 79.9 Å². The third-order valence-electron chi connectivity index (χ3n) is 4.12. The molecule has 1 nitrogen and oxygen atoms in total. The molecular weight excluding hydrogens is 254 g/mol. The van der Waals surface area contributed by atoms with E-state index in [1.807, 2.05) is 0 Å². The Labute approximate surface area is 126 Å². The first-order valence-electron chi connectivity index (χ1n) is 7.70. The van der Waals surface area contributed by atoms with Crippen LogP contribution in [0.15, 0.2) is 35.7 Å². The topological polar surface area (TPSA) is 4.36 Å². The molecule has 2 aliphatic rings. The van der Waals surface area contributed by atoms with E-state index in [0.717, 1.165) is 55.3 Å². The fraction of sp³-hybridized carbons (Fsp3) is 0.350. The van der Waals surface area contributed by atoms with Gasteiger partial charge in [-0.2, -0.15) is 0 Å². The van der Waals surface area contributed by atoms with Crippen molar-refractivity contribution in [3.63, 3.8) is 0 Å². The van der Waals surface area contributed by atoms with Gasteiger partial charge >= 0.3 is 0 Å².